The van der Waals surface area contributed by atoms with Crippen molar-refractivity contribution < 1.29 is 14.6 Å². The summed E-state index contributed by atoms with van der Waals surface area (Å²) in [6.45, 7) is 4.73. The number of hydrogen-bond acceptors (Lipinski definition) is 3. The van der Waals surface area contributed by atoms with Gasteiger partial charge >= 0.3 is 5.97 Å². The molecule has 1 saturated carbocycles. The van der Waals surface area contributed by atoms with Crippen LogP contribution in [0.4, 0.5) is 0 Å². The number of carboxylic acids is 1. The molecule has 0 amide bonds. The molecule has 92 valence electrons. The molecule has 0 radical (unpaired) electrons. The smallest absolute Gasteiger partial charge is 0.330 e. The van der Waals surface area contributed by atoms with E-state index >= 15 is 0 Å². The zero-order valence-corrected chi connectivity index (χ0v) is 10.1. The first-order valence-corrected chi connectivity index (χ1v) is 5.76. The van der Waals surface area contributed by atoms with Crippen LogP contribution in [-0.4, -0.2) is 49.3 Å². The van der Waals surface area contributed by atoms with Crippen molar-refractivity contribution in [3.05, 3.63) is 11.6 Å². The van der Waals surface area contributed by atoms with Crippen molar-refractivity contribution in [2.24, 2.45) is 5.92 Å². The van der Waals surface area contributed by atoms with Gasteiger partial charge in [-0.15, -0.1) is 0 Å². The molecular weight excluding hydrogens is 206 g/mol. The lowest BCUT2D eigenvalue weighted by Gasteiger charge is -2.14. The lowest BCUT2D eigenvalue weighted by Crippen LogP contribution is -2.24. The molecule has 0 unspecified atom stereocenters. The second-order valence-electron chi connectivity index (χ2n) is 4.47. The molecule has 1 aliphatic rings. The van der Waals surface area contributed by atoms with Crippen LogP contribution in [0, 0.1) is 5.92 Å². The monoisotopic (exact) mass is 227 g/mol. The average molecular weight is 227 g/mol. The third-order valence-corrected chi connectivity index (χ3v) is 2.71. The van der Waals surface area contributed by atoms with E-state index in [4.69, 9.17) is 9.84 Å². The molecule has 16 heavy (non-hydrogen) atoms. The van der Waals surface area contributed by atoms with Gasteiger partial charge in [0.25, 0.3) is 0 Å². The van der Waals surface area contributed by atoms with E-state index in [1.807, 2.05) is 7.05 Å². The van der Waals surface area contributed by atoms with Gasteiger partial charge in [0.15, 0.2) is 0 Å². The molecule has 0 saturated heterocycles. The summed E-state index contributed by atoms with van der Waals surface area (Å²) in [5, 5.41) is 8.67. The summed E-state index contributed by atoms with van der Waals surface area (Å²) in [7, 11) is 1.96. The molecule has 0 heterocycles. The highest BCUT2D eigenvalue weighted by molar-refractivity contribution is 5.85. The number of hydrogen-bond donors (Lipinski definition) is 1. The summed E-state index contributed by atoms with van der Waals surface area (Å²) < 4.78 is 5.50. The minimum Gasteiger partial charge on any atom is -0.478 e. The number of likely N-dealkylation sites (N-methyl/N-ethyl adjacent to an activating group) is 1. The van der Waals surface area contributed by atoms with Gasteiger partial charge in [-0.2, -0.15) is 0 Å². The second kappa shape index (κ2) is 6.66. The fraction of sp³-hybridized carbons (Fsp3) is 0.750. The van der Waals surface area contributed by atoms with Crippen LogP contribution in [0.1, 0.15) is 19.8 Å². The molecule has 4 heteroatoms. The summed E-state index contributed by atoms with van der Waals surface area (Å²) in [4.78, 5) is 12.6. The first kappa shape index (κ1) is 13.2. The largest absolute Gasteiger partial charge is 0.478 e. The second-order valence-corrected chi connectivity index (χ2v) is 4.47. The van der Waals surface area contributed by atoms with Crippen molar-refractivity contribution in [2.45, 2.75) is 19.8 Å². The predicted octanol–water partition coefficient (Wildman–Crippen LogP) is 1.38. The highest BCUT2D eigenvalue weighted by atomic mass is 16.5. The zero-order valence-electron chi connectivity index (χ0n) is 10.1. The Labute approximate surface area is 96.9 Å². The van der Waals surface area contributed by atoms with Crippen molar-refractivity contribution in [2.75, 3.05) is 33.4 Å². The van der Waals surface area contributed by atoms with Crippen LogP contribution in [0.5, 0.6) is 0 Å². The van der Waals surface area contributed by atoms with Gasteiger partial charge in [0.1, 0.15) is 0 Å². The van der Waals surface area contributed by atoms with Crippen molar-refractivity contribution in [3.63, 3.8) is 0 Å². The third-order valence-electron chi connectivity index (χ3n) is 2.71. The first-order valence-electron chi connectivity index (χ1n) is 5.76. The minimum absolute atomic E-state index is 0.394. The van der Waals surface area contributed by atoms with E-state index < -0.39 is 5.97 Å². The van der Waals surface area contributed by atoms with Gasteiger partial charge in [0, 0.05) is 25.3 Å². The fourth-order valence-corrected chi connectivity index (χ4v) is 1.23. The van der Waals surface area contributed by atoms with Crippen molar-refractivity contribution >= 4 is 5.97 Å². The Morgan fingerprint density at radius 1 is 1.56 bits per heavy atom. The van der Waals surface area contributed by atoms with E-state index in [1.165, 1.54) is 12.8 Å². The standard InChI is InChI=1S/C12H21NO3/c1-10(12(14)15)5-6-13(2)7-8-16-9-11-3-4-11/h5,11H,3-4,6-9H2,1-2H3,(H,14,15). The van der Waals surface area contributed by atoms with Crippen LogP contribution in [0.2, 0.25) is 0 Å². The van der Waals surface area contributed by atoms with Gasteiger partial charge in [0.05, 0.1) is 6.61 Å². The molecule has 4 nitrogen and oxygen atoms in total. The van der Waals surface area contributed by atoms with Gasteiger partial charge in [-0.25, -0.2) is 4.79 Å². The molecule has 0 spiro atoms. The number of rotatable bonds is 8. The van der Waals surface area contributed by atoms with Crippen LogP contribution in [0.15, 0.2) is 11.6 Å². The molecule has 1 aliphatic carbocycles. The Balaban J connectivity index is 2.02. The topological polar surface area (TPSA) is 49.8 Å². The van der Waals surface area contributed by atoms with Gasteiger partial charge < -0.3 is 14.7 Å². The number of carboxylic acid groups (broad SMARTS) is 1. The van der Waals surface area contributed by atoms with Crippen LogP contribution in [0.25, 0.3) is 0 Å². The van der Waals surface area contributed by atoms with Gasteiger partial charge in [-0.3, -0.25) is 0 Å². The fourth-order valence-electron chi connectivity index (χ4n) is 1.23. The first-order chi connectivity index (χ1) is 7.59. The lowest BCUT2D eigenvalue weighted by molar-refractivity contribution is -0.132. The molecule has 0 aromatic carbocycles. The molecule has 0 atom stereocenters. The molecule has 0 aliphatic heterocycles. The lowest BCUT2D eigenvalue weighted by atomic mass is 10.3. The Morgan fingerprint density at radius 2 is 2.25 bits per heavy atom. The maximum atomic E-state index is 10.5. The van der Waals surface area contributed by atoms with Gasteiger partial charge in [0.2, 0.25) is 0 Å². The van der Waals surface area contributed by atoms with E-state index in [2.05, 4.69) is 4.90 Å². The molecule has 0 aromatic rings. The third kappa shape index (κ3) is 5.88. The summed E-state index contributed by atoms with van der Waals surface area (Å²) in [5.41, 5.74) is 0.394. The quantitative estimate of drug-likeness (QED) is 0.502. The molecule has 1 fully saturated rings. The summed E-state index contributed by atoms with van der Waals surface area (Å²) >= 11 is 0. The van der Waals surface area contributed by atoms with E-state index in [9.17, 15) is 4.79 Å². The zero-order chi connectivity index (χ0) is 12.0. The normalized spacial score (nSPS) is 16.8. The Morgan fingerprint density at radius 3 is 2.81 bits per heavy atom. The molecular formula is C12H21NO3. The molecule has 1 rings (SSSR count). The van der Waals surface area contributed by atoms with Crippen LogP contribution in [-0.2, 0) is 9.53 Å². The number of nitrogens with zero attached hydrogens (tertiary/aromatic N) is 1. The van der Waals surface area contributed by atoms with E-state index in [0.717, 1.165) is 25.7 Å². The molecule has 1 N–H and O–H groups in total. The minimum atomic E-state index is -0.849. The maximum absolute atomic E-state index is 10.5. The van der Waals surface area contributed by atoms with E-state index in [-0.39, 0.29) is 0 Å². The van der Waals surface area contributed by atoms with Crippen LogP contribution in [0.3, 0.4) is 0 Å². The Kier molecular flexibility index (Phi) is 5.49. The highest BCUT2D eigenvalue weighted by Gasteiger charge is 2.20. The summed E-state index contributed by atoms with van der Waals surface area (Å²) in [6.07, 6.45) is 4.36. The van der Waals surface area contributed by atoms with Crippen molar-refractivity contribution in [1.29, 1.82) is 0 Å². The summed E-state index contributed by atoms with van der Waals surface area (Å²) in [5.74, 6) is -0.0437. The molecule has 0 aromatic heterocycles. The highest BCUT2D eigenvalue weighted by Crippen LogP contribution is 2.28. The van der Waals surface area contributed by atoms with Crippen LogP contribution >= 0.6 is 0 Å². The SMILES string of the molecule is CC(=CCN(C)CCOCC1CC1)C(=O)O. The number of ether oxygens (including phenoxy) is 1. The van der Waals surface area contributed by atoms with Crippen molar-refractivity contribution in [3.8, 4) is 0 Å². The number of carbonyl (C=O) groups is 1. The van der Waals surface area contributed by atoms with E-state index in [0.29, 0.717) is 12.1 Å². The average Bonchev–Trinajstić information content (AvgIpc) is 3.04. The predicted molar refractivity (Wildman–Crippen MR) is 62.4 cm³/mol. The maximum Gasteiger partial charge on any atom is 0.330 e. The number of aliphatic carboxylic acids is 1. The van der Waals surface area contributed by atoms with Crippen molar-refractivity contribution in [1.82, 2.24) is 4.90 Å². The Hall–Kier alpha value is -0.870. The van der Waals surface area contributed by atoms with Crippen LogP contribution < -0.4 is 0 Å². The Bertz CT molecular complexity index is 259. The van der Waals surface area contributed by atoms with Gasteiger partial charge in [-0.1, -0.05) is 6.08 Å². The summed E-state index contributed by atoms with van der Waals surface area (Å²) in [6, 6.07) is 0. The van der Waals surface area contributed by atoms with E-state index in [1.54, 1.807) is 13.0 Å². The molecule has 0 bridgehead atoms. The van der Waals surface area contributed by atoms with Gasteiger partial charge in [-0.05, 0) is 32.7 Å².